The Hall–Kier alpha value is -2.04. The number of nitrogens with one attached hydrogen (secondary N) is 2. The van der Waals surface area contributed by atoms with E-state index in [1.807, 2.05) is 19.1 Å². The summed E-state index contributed by atoms with van der Waals surface area (Å²) < 4.78 is 5.39. The van der Waals surface area contributed by atoms with Crippen molar-refractivity contribution in [2.75, 3.05) is 12.4 Å². The fraction of sp³-hybridized carbons (Fsp3) is 0.500. The molecule has 21 heavy (non-hydrogen) atoms. The van der Waals surface area contributed by atoms with E-state index in [9.17, 15) is 9.59 Å². The van der Waals surface area contributed by atoms with E-state index in [-0.39, 0.29) is 11.8 Å². The summed E-state index contributed by atoms with van der Waals surface area (Å²) in [4.78, 5) is 23.4. The van der Waals surface area contributed by atoms with Crippen molar-refractivity contribution in [1.82, 2.24) is 5.32 Å². The van der Waals surface area contributed by atoms with Gasteiger partial charge in [0.15, 0.2) is 0 Å². The number of hydrogen-bond donors (Lipinski definition) is 2. The third-order valence-electron chi connectivity index (χ3n) is 3.77. The van der Waals surface area contributed by atoms with Crippen molar-refractivity contribution in [2.45, 2.75) is 45.6 Å². The lowest BCUT2D eigenvalue weighted by Gasteiger charge is -2.18. The monoisotopic (exact) mass is 290 g/mol. The van der Waals surface area contributed by atoms with Gasteiger partial charge in [-0.1, -0.05) is 13.8 Å². The normalized spacial score (nSPS) is 17.8. The first-order valence-electron chi connectivity index (χ1n) is 7.21. The number of rotatable bonds is 4. The molecule has 1 fully saturated rings. The van der Waals surface area contributed by atoms with Crippen LogP contribution < -0.4 is 15.4 Å². The van der Waals surface area contributed by atoms with Crippen LogP contribution in [0.4, 0.5) is 5.69 Å². The van der Waals surface area contributed by atoms with Gasteiger partial charge < -0.3 is 15.4 Å². The third-order valence-corrected chi connectivity index (χ3v) is 3.77. The molecule has 1 aliphatic rings. The van der Waals surface area contributed by atoms with Gasteiger partial charge in [0.1, 0.15) is 11.8 Å². The molecule has 0 aromatic heterocycles. The fourth-order valence-corrected chi connectivity index (χ4v) is 2.49. The maximum absolute atomic E-state index is 12.2. The Kier molecular flexibility index (Phi) is 4.50. The Bertz CT molecular complexity index is 567. The average Bonchev–Trinajstić information content (AvgIpc) is 2.87. The highest BCUT2D eigenvalue weighted by atomic mass is 16.5. The molecule has 1 unspecified atom stereocenters. The lowest BCUT2D eigenvalue weighted by atomic mass is 9.99. The molecule has 114 valence electrons. The van der Waals surface area contributed by atoms with E-state index in [4.69, 9.17) is 4.74 Å². The number of amides is 2. The van der Waals surface area contributed by atoms with Crippen molar-refractivity contribution in [3.05, 3.63) is 23.3 Å². The fourth-order valence-electron chi connectivity index (χ4n) is 2.49. The van der Waals surface area contributed by atoms with Crippen LogP contribution in [0.5, 0.6) is 5.75 Å². The summed E-state index contributed by atoms with van der Waals surface area (Å²) in [6.45, 7) is 6.08. The Labute approximate surface area is 125 Å². The average molecular weight is 290 g/mol. The summed E-state index contributed by atoms with van der Waals surface area (Å²) in [6, 6.07) is 3.45. The molecule has 5 nitrogen and oxygen atoms in total. The Morgan fingerprint density at radius 3 is 2.67 bits per heavy atom. The maximum atomic E-state index is 12.2. The molecule has 0 aliphatic carbocycles. The molecular weight excluding hydrogens is 268 g/mol. The number of aryl methyl sites for hydroxylation is 1. The van der Waals surface area contributed by atoms with Crippen LogP contribution in [0.3, 0.4) is 0 Å². The van der Waals surface area contributed by atoms with Crippen LogP contribution in [0.1, 0.15) is 43.7 Å². The minimum absolute atomic E-state index is 0.0653. The minimum atomic E-state index is -0.429. The topological polar surface area (TPSA) is 67.4 Å². The summed E-state index contributed by atoms with van der Waals surface area (Å²) in [7, 11) is 1.65. The van der Waals surface area contributed by atoms with Gasteiger partial charge in [-0.3, -0.25) is 9.59 Å². The number of methoxy groups -OCH3 is 1. The van der Waals surface area contributed by atoms with E-state index in [1.165, 1.54) is 0 Å². The number of carbonyl (C=O) groups excluding carboxylic acids is 2. The molecule has 1 atom stereocenters. The van der Waals surface area contributed by atoms with Crippen LogP contribution >= 0.6 is 0 Å². The zero-order chi connectivity index (χ0) is 15.6. The standard InChI is InChI=1S/C16H22N2O3/c1-9(2)11-8-13(10(3)7-14(11)21-4)18-16(20)12-5-6-15(19)17-12/h7-9,12H,5-6H2,1-4H3,(H,17,19)(H,18,20). The number of hydrogen-bond acceptors (Lipinski definition) is 3. The van der Waals surface area contributed by atoms with Crippen molar-refractivity contribution in [3.63, 3.8) is 0 Å². The Balaban J connectivity index is 2.21. The van der Waals surface area contributed by atoms with Gasteiger partial charge in [-0.05, 0) is 42.5 Å². The Morgan fingerprint density at radius 2 is 2.14 bits per heavy atom. The highest BCUT2D eigenvalue weighted by Crippen LogP contribution is 2.32. The van der Waals surface area contributed by atoms with Gasteiger partial charge in [0, 0.05) is 12.1 Å². The summed E-state index contributed by atoms with van der Waals surface area (Å²) in [5, 5.41) is 5.59. The molecule has 2 amide bonds. The summed E-state index contributed by atoms with van der Waals surface area (Å²) >= 11 is 0. The highest BCUT2D eigenvalue weighted by Gasteiger charge is 2.27. The van der Waals surface area contributed by atoms with Gasteiger partial charge in [-0.15, -0.1) is 0 Å². The van der Waals surface area contributed by atoms with E-state index in [2.05, 4.69) is 24.5 Å². The number of benzene rings is 1. The number of anilines is 1. The first-order valence-corrected chi connectivity index (χ1v) is 7.21. The molecule has 2 N–H and O–H groups in total. The second-order valence-corrected chi connectivity index (χ2v) is 5.71. The molecule has 1 heterocycles. The molecule has 2 rings (SSSR count). The van der Waals surface area contributed by atoms with E-state index in [0.717, 1.165) is 22.6 Å². The van der Waals surface area contributed by atoms with Crippen LogP contribution in [0, 0.1) is 6.92 Å². The first-order chi connectivity index (χ1) is 9.92. The highest BCUT2D eigenvalue weighted by molar-refractivity contribution is 5.99. The van der Waals surface area contributed by atoms with Crippen molar-refractivity contribution in [3.8, 4) is 5.75 Å². The van der Waals surface area contributed by atoms with E-state index in [0.29, 0.717) is 18.8 Å². The quantitative estimate of drug-likeness (QED) is 0.894. The molecule has 0 radical (unpaired) electrons. The van der Waals surface area contributed by atoms with Crippen molar-refractivity contribution >= 4 is 17.5 Å². The lowest BCUT2D eigenvalue weighted by molar-refractivity contribution is -0.122. The van der Waals surface area contributed by atoms with Gasteiger partial charge >= 0.3 is 0 Å². The van der Waals surface area contributed by atoms with Gasteiger partial charge in [0.05, 0.1) is 7.11 Å². The van der Waals surface area contributed by atoms with Crippen LogP contribution in [0.25, 0.3) is 0 Å². The van der Waals surface area contributed by atoms with Crippen molar-refractivity contribution < 1.29 is 14.3 Å². The SMILES string of the molecule is COc1cc(C)c(NC(=O)C2CCC(=O)N2)cc1C(C)C. The number of carbonyl (C=O) groups is 2. The zero-order valence-electron chi connectivity index (χ0n) is 12.9. The third kappa shape index (κ3) is 3.35. The summed E-state index contributed by atoms with van der Waals surface area (Å²) in [5.41, 5.74) is 2.76. The molecule has 0 bridgehead atoms. The Morgan fingerprint density at radius 1 is 1.43 bits per heavy atom. The van der Waals surface area contributed by atoms with Crippen LogP contribution in [-0.2, 0) is 9.59 Å². The second-order valence-electron chi connectivity index (χ2n) is 5.71. The molecule has 5 heteroatoms. The molecule has 0 saturated carbocycles. The largest absolute Gasteiger partial charge is 0.496 e. The van der Waals surface area contributed by atoms with E-state index < -0.39 is 6.04 Å². The van der Waals surface area contributed by atoms with Crippen molar-refractivity contribution in [2.24, 2.45) is 0 Å². The van der Waals surface area contributed by atoms with Crippen molar-refractivity contribution in [1.29, 1.82) is 0 Å². The predicted octanol–water partition coefficient (Wildman–Crippen LogP) is 2.34. The summed E-state index contributed by atoms with van der Waals surface area (Å²) in [5.74, 6) is 0.894. The van der Waals surface area contributed by atoms with Crippen LogP contribution in [0.2, 0.25) is 0 Å². The maximum Gasteiger partial charge on any atom is 0.246 e. The molecule has 1 aromatic carbocycles. The lowest BCUT2D eigenvalue weighted by Crippen LogP contribution is -2.37. The van der Waals surface area contributed by atoms with E-state index in [1.54, 1.807) is 7.11 Å². The van der Waals surface area contributed by atoms with E-state index >= 15 is 0 Å². The summed E-state index contributed by atoms with van der Waals surface area (Å²) in [6.07, 6.45) is 0.966. The smallest absolute Gasteiger partial charge is 0.246 e. The van der Waals surface area contributed by atoms with Gasteiger partial charge in [0.25, 0.3) is 0 Å². The molecular formula is C16H22N2O3. The zero-order valence-corrected chi connectivity index (χ0v) is 12.9. The molecule has 0 spiro atoms. The minimum Gasteiger partial charge on any atom is -0.496 e. The van der Waals surface area contributed by atoms with Gasteiger partial charge in [-0.2, -0.15) is 0 Å². The first kappa shape index (κ1) is 15.4. The molecule has 1 aromatic rings. The van der Waals surface area contributed by atoms with Crippen LogP contribution in [-0.4, -0.2) is 25.0 Å². The number of ether oxygens (including phenoxy) is 1. The van der Waals surface area contributed by atoms with Crippen LogP contribution in [0.15, 0.2) is 12.1 Å². The van der Waals surface area contributed by atoms with Gasteiger partial charge in [-0.25, -0.2) is 0 Å². The van der Waals surface area contributed by atoms with Gasteiger partial charge in [0.2, 0.25) is 11.8 Å². The molecule has 1 aliphatic heterocycles. The predicted molar refractivity (Wildman–Crippen MR) is 81.6 cm³/mol. The second kappa shape index (κ2) is 6.16. The molecule has 1 saturated heterocycles.